The van der Waals surface area contributed by atoms with Gasteiger partial charge in [-0.2, -0.15) is 0 Å². The molecule has 9 nitrogen and oxygen atoms in total. The van der Waals surface area contributed by atoms with E-state index in [4.69, 9.17) is 9.47 Å². The molecule has 0 aromatic heterocycles. The van der Waals surface area contributed by atoms with Gasteiger partial charge >= 0.3 is 0 Å². The summed E-state index contributed by atoms with van der Waals surface area (Å²) >= 11 is 0. The van der Waals surface area contributed by atoms with Crippen molar-refractivity contribution in [2.45, 2.75) is 20.8 Å². The lowest BCUT2D eigenvalue weighted by molar-refractivity contribution is -0.115. The molecule has 2 aromatic rings. The molecule has 0 aliphatic heterocycles. The monoisotopic (exact) mass is 449 g/mol. The first-order valence-electron chi connectivity index (χ1n) is 9.69. The van der Waals surface area contributed by atoms with Crippen LogP contribution < -0.4 is 24.8 Å². The maximum atomic E-state index is 12.4. The summed E-state index contributed by atoms with van der Waals surface area (Å²) in [6.07, 6.45) is 1.05. The molecule has 0 bridgehead atoms. The number of ether oxygens (including phenoxy) is 2. The second-order valence-electron chi connectivity index (χ2n) is 6.66. The predicted molar refractivity (Wildman–Crippen MR) is 119 cm³/mol. The third kappa shape index (κ3) is 7.49. The largest absolute Gasteiger partial charge is 0.490 e. The predicted octanol–water partition coefficient (Wildman–Crippen LogP) is 2.53. The highest BCUT2D eigenvalue weighted by molar-refractivity contribution is 7.92. The summed E-state index contributed by atoms with van der Waals surface area (Å²) in [6.45, 7) is 6.04. The summed E-state index contributed by atoms with van der Waals surface area (Å²) < 4.78 is 36.3. The molecule has 0 fully saturated rings. The third-order valence-corrected chi connectivity index (χ3v) is 4.62. The van der Waals surface area contributed by atoms with Gasteiger partial charge in [0.25, 0.3) is 5.91 Å². The van der Waals surface area contributed by atoms with E-state index in [9.17, 15) is 18.0 Å². The Morgan fingerprint density at radius 1 is 0.968 bits per heavy atom. The van der Waals surface area contributed by atoms with Crippen LogP contribution in [0.25, 0.3) is 0 Å². The number of carbonyl (C=O) groups is 2. The summed E-state index contributed by atoms with van der Waals surface area (Å²) in [4.78, 5) is 24.6. The maximum Gasteiger partial charge on any atom is 0.251 e. The zero-order valence-electron chi connectivity index (χ0n) is 17.9. The molecule has 0 radical (unpaired) electrons. The fourth-order valence-electron chi connectivity index (χ4n) is 2.67. The molecule has 10 heteroatoms. The van der Waals surface area contributed by atoms with Crippen LogP contribution >= 0.6 is 0 Å². The maximum absolute atomic E-state index is 12.4. The molecule has 0 saturated carbocycles. The van der Waals surface area contributed by atoms with Crippen LogP contribution in [0.2, 0.25) is 0 Å². The average Bonchev–Trinajstić information content (AvgIpc) is 2.69. The number of sulfonamides is 1. The molecule has 0 spiro atoms. The number of amides is 2. The Hall–Kier alpha value is -3.27. The Bertz CT molecular complexity index is 1050. The Balaban J connectivity index is 2.00. The van der Waals surface area contributed by atoms with Gasteiger partial charge in [0, 0.05) is 11.3 Å². The minimum absolute atomic E-state index is 0.265. The number of anilines is 2. The summed E-state index contributed by atoms with van der Waals surface area (Å²) in [7, 11) is -3.45. The minimum Gasteiger partial charge on any atom is -0.490 e. The van der Waals surface area contributed by atoms with Crippen molar-refractivity contribution in [1.82, 2.24) is 5.32 Å². The Labute approximate surface area is 182 Å². The highest BCUT2D eigenvalue weighted by Crippen LogP contribution is 2.28. The molecule has 0 saturated heterocycles. The molecular formula is C21H27N3O6S. The van der Waals surface area contributed by atoms with Crippen LogP contribution in [0.1, 0.15) is 29.8 Å². The lowest BCUT2D eigenvalue weighted by Gasteiger charge is -2.13. The molecule has 31 heavy (non-hydrogen) atoms. The fraction of sp³-hybridized carbons (Fsp3) is 0.333. The molecule has 2 aromatic carbocycles. The smallest absolute Gasteiger partial charge is 0.251 e. The van der Waals surface area contributed by atoms with Crippen molar-refractivity contribution in [3.8, 4) is 11.5 Å². The molecule has 0 unspecified atom stereocenters. The van der Waals surface area contributed by atoms with E-state index >= 15 is 0 Å². The summed E-state index contributed by atoms with van der Waals surface area (Å²) in [5, 5.41) is 5.17. The molecule has 2 amide bonds. The van der Waals surface area contributed by atoms with Gasteiger partial charge in [-0.1, -0.05) is 6.07 Å². The summed E-state index contributed by atoms with van der Waals surface area (Å²) in [5.74, 6) is 0.0875. The van der Waals surface area contributed by atoms with Crippen LogP contribution in [0, 0.1) is 6.92 Å². The van der Waals surface area contributed by atoms with E-state index < -0.39 is 21.8 Å². The van der Waals surface area contributed by atoms with Gasteiger partial charge in [0.05, 0.1) is 31.7 Å². The van der Waals surface area contributed by atoms with E-state index in [1.165, 1.54) is 6.07 Å². The highest BCUT2D eigenvalue weighted by Gasteiger charge is 2.13. The van der Waals surface area contributed by atoms with Gasteiger partial charge in [-0.3, -0.25) is 14.3 Å². The lowest BCUT2D eigenvalue weighted by atomic mass is 10.2. The van der Waals surface area contributed by atoms with E-state index in [1.807, 2.05) is 13.8 Å². The second-order valence-corrected chi connectivity index (χ2v) is 8.41. The topological polar surface area (TPSA) is 123 Å². The first-order valence-corrected chi connectivity index (χ1v) is 11.6. The number of benzene rings is 2. The van der Waals surface area contributed by atoms with Crippen LogP contribution in [0.3, 0.4) is 0 Å². The number of aryl methyl sites for hydroxylation is 1. The van der Waals surface area contributed by atoms with Gasteiger partial charge in [-0.25, -0.2) is 8.42 Å². The highest BCUT2D eigenvalue weighted by atomic mass is 32.2. The van der Waals surface area contributed by atoms with E-state index in [0.717, 1.165) is 6.26 Å². The van der Waals surface area contributed by atoms with Crippen molar-refractivity contribution in [3.63, 3.8) is 0 Å². The van der Waals surface area contributed by atoms with Crippen molar-refractivity contribution < 1.29 is 27.5 Å². The van der Waals surface area contributed by atoms with Crippen molar-refractivity contribution in [1.29, 1.82) is 0 Å². The van der Waals surface area contributed by atoms with Crippen LogP contribution in [-0.4, -0.2) is 46.2 Å². The fourth-order valence-corrected chi connectivity index (χ4v) is 3.29. The van der Waals surface area contributed by atoms with Crippen LogP contribution in [0.15, 0.2) is 36.4 Å². The van der Waals surface area contributed by atoms with Crippen LogP contribution in [-0.2, 0) is 14.8 Å². The molecule has 3 N–H and O–H groups in total. The number of rotatable bonds is 10. The molecule has 0 heterocycles. The second kappa shape index (κ2) is 10.7. The average molecular weight is 450 g/mol. The normalized spacial score (nSPS) is 10.8. The third-order valence-electron chi connectivity index (χ3n) is 4.03. The van der Waals surface area contributed by atoms with Gasteiger partial charge in [0.2, 0.25) is 15.9 Å². The molecular weight excluding hydrogens is 422 g/mol. The van der Waals surface area contributed by atoms with E-state index in [1.54, 1.807) is 37.3 Å². The molecule has 0 aliphatic rings. The van der Waals surface area contributed by atoms with Gasteiger partial charge < -0.3 is 20.1 Å². The van der Waals surface area contributed by atoms with Gasteiger partial charge in [-0.05, 0) is 56.7 Å². The standard InChI is InChI=1S/C21H27N3O6S/c1-5-29-18-10-8-15(11-19(18)30-6-2)21(26)22-13-20(25)23-16-9-7-14(3)17(12-16)24-31(4,27)28/h7-12,24H,5-6,13H2,1-4H3,(H,22,26)(H,23,25). The van der Waals surface area contributed by atoms with Gasteiger partial charge in [0.15, 0.2) is 11.5 Å². The van der Waals surface area contributed by atoms with E-state index in [0.29, 0.717) is 47.2 Å². The SMILES string of the molecule is CCOc1ccc(C(=O)NCC(=O)Nc2ccc(C)c(NS(C)(=O)=O)c2)cc1OCC. The first kappa shape index (κ1) is 24.0. The molecule has 0 atom stereocenters. The zero-order chi connectivity index (χ0) is 23.0. The quantitative estimate of drug-likeness (QED) is 0.512. The lowest BCUT2D eigenvalue weighted by Crippen LogP contribution is -2.32. The van der Waals surface area contributed by atoms with Crippen molar-refractivity contribution in [2.24, 2.45) is 0 Å². The molecule has 168 valence electrons. The van der Waals surface area contributed by atoms with E-state index in [2.05, 4.69) is 15.4 Å². The minimum atomic E-state index is -3.45. The van der Waals surface area contributed by atoms with Gasteiger partial charge in [-0.15, -0.1) is 0 Å². The van der Waals surface area contributed by atoms with Gasteiger partial charge in [0.1, 0.15) is 0 Å². The van der Waals surface area contributed by atoms with Crippen molar-refractivity contribution in [2.75, 3.05) is 36.1 Å². The van der Waals surface area contributed by atoms with Crippen LogP contribution in [0.4, 0.5) is 11.4 Å². The van der Waals surface area contributed by atoms with Crippen molar-refractivity contribution >= 4 is 33.2 Å². The molecule has 2 rings (SSSR count). The number of nitrogens with one attached hydrogen (secondary N) is 3. The van der Waals surface area contributed by atoms with Crippen LogP contribution in [0.5, 0.6) is 11.5 Å². The number of carbonyl (C=O) groups excluding carboxylic acids is 2. The Morgan fingerprint density at radius 2 is 1.65 bits per heavy atom. The van der Waals surface area contributed by atoms with E-state index in [-0.39, 0.29) is 6.54 Å². The summed E-state index contributed by atoms with van der Waals surface area (Å²) in [5.41, 5.74) is 1.80. The first-order chi connectivity index (χ1) is 14.6. The molecule has 0 aliphatic carbocycles. The summed E-state index contributed by atoms with van der Waals surface area (Å²) in [6, 6.07) is 9.62. The zero-order valence-corrected chi connectivity index (χ0v) is 18.8. The Kier molecular flexibility index (Phi) is 8.26. The Morgan fingerprint density at radius 3 is 2.29 bits per heavy atom. The number of hydrogen-bond acceptors (Lipinski definition) is 6. The van der Waals surface area contributed by atoms with Crippen molar-refractivity contribution in [3.05, 3.63) is 47.5 Å². The number of hydrogen-bond donors (Lipinski definition) is 3.